The van der Waals surface area contributed by atoms with Crippen molar-refractivity contribution in [1.82, 2.24) is 15.1 Å². The van der Waals surface area contributed by atoms with E-state index in [4.69, 9.17) is 4.74 Å². The summed E-state index contributed by atoms with van der Waals surface area (Å²) in [5.74, 6) is 0.914. The Hall–Kier alpha value is -2.33. The maximum absolute atomic E-state index is 5.48. The molecule has 4 nitrogen and oxygen atoms in total. The van der Waals surface area contributed by atoms with Crippen LogP contribution in [-0.2, 0) is 7.05 Å². The summed E-state index contributed by atoms with van der Waals surface area (Å²) in [4.78, 5) is 0. The average molecular weight is 309 g/mol. The molecule has 0 amide bonds. The second-order valence-corrected chi connectivity index (χ2v) is 5.96. The Morgan fingerprint density at radius 2 is 1.78 bits per heavy atom. The Bertz CT molecular complexity index is 809. The van der Waals surface area contributed by atoms with Crippen molar-refractivity contribution >= 4 is 10.8 Å². The van der Waals surface area contributed by atoms with Gasteiger partial charge in [0.25, 0.3) is 0 Å². The first kappa shape index (κ1) is 15.6. The number of methoxy groups -OCH3 is 1. The van der Waals surface area contributed by atoms with Gasteiger partial charge in [0.1, 0.15) is 5.75 Å². The van der Waals surface area contributed by atoms with Gasteiger partial charge in [-0.1, -0.05) is 30.3 Å². The van der Waals surface area contributed by atoms with Crippen molar-refractivity contribution in [3.8, 4) is 5.75 Å². The van der Waals surface area contributed by atoms with Gasteiger partial charge in [0.15, 0.2) is 0 Å². The molecular weight excluding hydrogens is 286 g/mol. The van der Waals surface area contributed by atoms with E-state index in [1.54, 1.807) is 7.11 Å². The van der Waals surface area contributed by atoms with E-state index in [0.29, 0.717) is 0 Å². The van der Waals surface area contributed by atoms with E-state index >= 15 is 0 Å². The third-order valence-corrected chi connectivity index (χ3v) is 4.33. The number of benzene rings is 2. The smallest absolute Gasteiger partial charge is 0.126 e. The molecule has 0 spiro atoms. The van der Waals surface area contributed by atoms with Crippen LogP contribution in [0.25, 0.3) is 10.8 Å². The lowest BCUT2D eigenvalue weighted by atomic mass is 9.98. The summed E-state index contributed by atoms with van der Waals surface area (Å²) in [7, 11) is 3.66. The second-order valence-electron chi connectivity index (χ2n) is 5.96. The molecule has 4 heteroatoms. The summed E-state index contributed by atoms with van der Waals surface area (Å²) in [6.07, 6.45) is 3.97. The largest absolute Gasteiger partial charge is 0.496 e. The molecule has 0 aliphatic heterocycles. The number of hydrogen-bond donors (Lipinski definition) is 1. The molecule has 120 valence electrons. The molecule has 0 saturated heterocycles. The van der Waals surface area contributed by atoms with Gasteiger partial charge in [-0.05, 0) is 30.9 Å². The predicted octanol–water partition coefficient (Wildman–Crippen LogP) is 3.99. The molecule has 23 heavy (non-hydrogen) atoms. The lowest BCUT2D eigenvalue weighted by Gasteiger charge is -2.21. The molecule has 2 aromatic carbocycles. The van der Waals surface area contributed by atoms with Gasteiger partial charge in [0.05, 0.1) is 13.3 Å². The maximum atomic E-state index is 5.48. The minimum atomic E-state index is 0.223. The van der Waals surface area contributed by atoms with Gasteiger partial charge in [0.2, 0.25) is 0 Å². The van der Waals surface area contributed by atoms with E-state index in [-0.39, 0.29) is 12.1 Å². The fourth-order valence-corrected chi connectivity index (χ4v) is 3.08. The molecule has 0 fully saturated rings. The Kier molecular flexibility index (Phi) is 4.35. The highest BCUT2D eigenvalue weighted by Gasteiger charge is 2.15. The summed E-state index contributed by atoms with van der Waals surface area (Å²) in [5.41, 5.74) is 2.47. The van der Waals surface area contributed by atoms with E-state index in [1.165, 1.54) is 16.5 Å². The van der Waals surface area contributed by atoms with Crippen LogP contribution in [0.3, 0.4) is 0 Å². The number of aryl methyl sites for hydroxylation is 1. The van der Waals surface area contributed by atoms with Gasteiger partial charge in [-0.3, -0.25) is 4.68 Å². The summed E-state index contributed by atoms with van der Waals surface area (Å²) in [6, 6.07) is 13.0. The summed E-state index contributed by atoms with van der Waals surface area (Å²) in [6.45, 7) is 4.36. The minimum absolute atomic E-state index is 0.223. The number of aromatic nitrogens is 2. The van der Waals surface area contributed by atoms with Crippen LogP contribution in [0.15, 0.2) is 48.8 Å². The van der Waals surface area contributed by atoms with Crippen LogP contribution < -0.4 is 10.1 Å². The number of nitrogens with one attached hydrogen (secondary N) is 1. The standard InChI is InChI=1S/C19H23N3O/c1-13(15-11-20-22(3)12-15)21-14(2)16-9-10-19(23-4)18-8-6-5-7-17(16)18/h5-14,21H,1-4H3/t13-,14+/m0/s1. The highest BCUT2D eigenvalue weighted by Crippen LogP contribution is 2.32. The van der Waals surface area contributed by atoms with Crippen LogP contribution in [0.5, 0.6) is 5.75 Å². The van der Waals surface area contributed by atoms with Crippen LogP contribution in [-0.4, -0.2) is 16.9 Å². The molecule has 3 rings (SSSR count). The highest BCUT2D eigenvalue weighted by molar-refractivity contribution is 5.91. The van der Waals surface area contributed by atoms with Crippen LogP contribution in [0.4, 0.5) is 0 Å². The van der Waals surface area contributed by atoms with E-state index in [2.05, 4.69) is 54.7 Å². The molecular formula is C19H23N3O. The molecule has 0 saturated carbocycles. The molecule has 3 aromatic rings. The first-order chi connectivity index (χ1) is 11.1. The maximum Gasteiger partial charge on any atom is 0.126 e. The van der Waals surface area contributed by atoms with E-state index in [0.717, 1.165) is 11.1 Å². The molecule has 1 aromatic heterocycles. The monoisotopic (exact) mass is 309 g/mol. The van der Waals surface area contributed by atoms with Crippen LogP contribution >= 0.6 is 0 Å². The minimum Gasteiger partial charge on any atom is -0.496 e. The molecule has 0 bridgehead atoms. The van der Waals surface area contributed by atoms with Crippen LogP contribution in [0.1, 0.15) is 37.1 Å². The molecule has 1 heterocycles. The van der Waals surface area contributed by atoms with Crippen LogP contribution in [0.2, 0.25) is 0 Å². The van der Waals surface area contributed by atoms with E-state index in [1.807, 2.05) is 30.1 Å². The zero-order valence-corrected chi connectivity index (χ0v) is 14.1. The summed E-state index contributed by atoms with van der Waals surface area (Å²) >= 11 is 0. The molecule has 2 atom stereocenters. The third kappa shape index (κ3) is 3.08. The van der Waals surface area contributed by atoms with Crippen molar-refractivity contribution < 1.29 is 4.74 Å². The fourth-order valence-electron chi connectivity index (χ4n) is 3.08. The van der Waals surface area contributed by atoms with Gasteiger partial charge in [-0.25, -0.2) is 0 Å². The number of nitrogens with zero attached hydrogens (tertiary/aromatic N) is 2. The van der Waals surface area contributed by atoms with Crippen molar-refractivity contribution in [3.05, 3.63) is 59.9 Å². The van der Waals surface area contributed by atoms with Crippen molar-refractivity contribution in [2.45, 2.75) is 25.9 Å². The highest BCUT2D eigenvalue weighted by atomic mass is 16.5. The molecule has 0 aliphatic carbocycles. The molecule has 0 unspecified atom stereocenters. The first-order valence-electron chi connectivity index (χ1n) is 7.90. The SMILES string of the molecule is COc1ccc([C@@H](C)N[C@@H](C)c2cnn(C)c2)c2ccccc12. The quantitative estimate of drug-likeness (QED) is 0.774. The zero-order valence-electron chi connectivity index (χ0n) is 14.1. The second kappa shape index (κ2) is 6.42. The van der Waals surface area contributed by atoms with Gasteiger partial charge in [-0.15, -0.1) is 0 Å². The molecule has 1 N–H and O–H groups in total. The topological polar surface area (TPSA) is 39.1 Å². The number of rotatable bonds is 5. The predicted molar refractivity (Wildman–Crippen MR) is 93.7 cm³/mol. The van der Waals surface area contributed by atoms with E-state index < -0.39 is 0 Å². The van der Waals surface area contributed by atoms with Gasteiger partial charge in [0, 0.05) is 36.3 Å². The number of hydrogen-bond acceptors (Lipinski definition) is 3. The number of ether oxygens (including phenoxy) is 1. The average Bonchev–Trinajstić information content (AvgIpc) is 3.00. The summed E-state index contributed by atoms with van der Waals surface area (Å²) in [5, 5.41) is 10.3. The van der Waals surface area contributed by atoms with Gasteiger partial charge < -0.3 is 10.1 Å². The van der Waals surface area contributed by atoms with Crippen molar-refractivity contribution in [3.63, 3.8) is 0 Å². The Morgan fingerprint density at radius 3 is 2.43 bits per heavy atom. The normalized spacial score (nSPS) is 13.9. The van der Waals surface area contributed by atoms with Gasteiger partial charge in [-0.2, -0.15) is 5.10 Å². The molecule has 0 aliphatic rings. The summed E-state index contributed by atoms with van der Waals surface area (Å²) < 4.78 is 7.32. The fraction of sp³-hybridized carbons (Fsp3) is 0.316. The Balaban J connectivity index is 1.90. The Labute approximate surface area is 137 Å². The van der Waals surface area contributed by atoms with Crippen molar-refractivity contribution in [2.75, 3.05) is 7.11 Å². The molecule has 0 radical (unpaired) electrons. The van der Waals surface area contributed by atoms with Gasteiger partial charge >= 0.3 is 0 Å². The van der Waals surface area contributed by atoms with Crippen molar-refractivity contribution in [2.24, 2.45) is 7.05 Å². The number of fused-ring (bicyclic) bond motifs is 1. The van der Waals surface area contributed by atoms with Crippen LogP contribution in [0, 0.1) is 0 Å². The first-order valence-corrected chi connectivity index (χ1v) is 7.90. The Morgan fingerprint density at radius 1 is 1.04 bits per heavy atom. The van der Waals surface area contributed by atoms with E-state index in [9.17, 15) is 0 Å². The third-order valence-electron chi connectivity index (χ3n) is 4.33. The lowest BCUT2D eigenvalue weighted by Crippen LogP contribution is -2.22. The zero-order chi connectivity index (χ0) is 16.4. The van der Waals surface area contributed by atoms with Crippen molar-refractivity contribution in [1.29, 1.82) is 0 Å². The lowest BCUT2D eigenvalue weighted by molar-refractivity contribution is 0.419.